The molecule has 5 nitrogen and oxygen atoms in total. The van der Waals surface area contributed by atoms with Crippen LogP contribution in [0.5, 0.6) is 0 Å². The number of carbonyl (C=O) groups is 2. The molecule has 0 fully saturated rings. The molecule has 2 aromatic carbocycles. The normalized spacial score (nSPS) is 16.5. The molecule has 0 bridgehead atoms. The fourth-order valence-corrected chi connectivity index (χ4v) is 5.25. The lowest BCUT2D eigenvalue weighted by Gasteiger charge is -2.33. The predicted molar refractivity (Wildman–Crippen MR) is 104 cm³/mol. The first-order valence-electron chi connectivity index (χ1n) is 8.37. The van der Waals surface area contributed by atoms with Crippen molar-refractivity contribution in [3.8, 4) is 0 Å². The van der Waals surface area contributed by atoms with Gasteiger partial charge in [-0.2, -0.15) is 0 Å². The van der Waals surface area contributed by atoms with Gasteiger partial charge in [0.1, 0.15) is 16.3 Å². The van der Waals surface area contributed by atoms with Crippen molar-refractivity contribution in [2.75, 3.05) is 4.90 Å². The second kappa shape index (κ2) is 7.14. The summed E-state index contributed by atoms with van der Waals surface area (Å²) >= 11 is 2.20. The number of fused-ring (bicyclic) bond motifs is 2. The van der Waals surface area contributed by atoms with Gasteiger partial charge in [-0.1, -0.05) is 6.07 Å². The van der Waals surface area contributed by atoms with E-state index in [1.54, 1.807) is 0 Å². The van der Waals surface area contributed by atoms with E-state index in [9.17, 15) is 18.4 Å². The number of thiazole rings is 1. The van der Waals surface area contributed by atoms with Crippen LogP contribution in [0.2, 0.25) is 0 Å². The number of carbonyl (C=O) groups excluding carboxylic acids is 1. The molecule has 0 saturated heterocycles. The van der Waals surface area contributed by atoms with Crippen molar-refractivity contribution in [3.63, 3.8) is 0 Å². The molecule has 1 aliphatic rings. The fraction of sp³-hybridized carbons (Fsp3) is 0.211. The summed E-state index contributed by atoms with van der Waals surface area (Å²) < 4.78 is 28.0. The summed E-state index contributed by atoms with van der Waals surface area (Å²) in [5.74, 6) is -2.61. The Labute approximate surface area is 167 Å². The number of halogens is 2. The van der Waals surface area contributed by atoms with Gasteiger partial charge in [-0.3, -0.25) is 9.59 Å². The van der Waals surface area contributed by atoms with E-state index < -0.39 is 22.9 Å². The predicted octanol–water partition coefficient (Wildman–Crippen LogP) is 4.37. The lowest BCUT2D eigenvalue weighted by Crippen LogP contribution is -2.41. The highest BCUT2D eigenvalue weighted by atomic mass is 32.2. The zero-order valence-electron chi connectivity index (χ0n) is 14.6. The van der Waals surface area contributed by atoms with Gasteiger partial charge < -0.3 is 10.0 Å². The minimum Gasteiger partial charge on any atom is -0.481 e. The van der Waals surface area contributed by atoms with Crippen LogP contribution in [-0.4, -0.2) is 27.2 Å². The van der Waals surface area contributed by atoms with E-state index in [0.717, 1.165) is 33.9 Å². The highest BCUT2D eigenvalue weighted by Crippen LogP contribution is 2.42. The molecule has 9 heteroatoms. The molecule has 1 atom stereocenters. The lowest BCUT2D eigenvalue weighted by molar-refractivity contribution is -0.138. The zero-order chi connectivity index (χ0) is 20.0. The van der Waals surface area contributed by atoms with Crippen molar-refractivity contribution in [1.82, 2.24) is 4.98 Å². The second-order valence-corrected chi connectivity index (χ2v) is 8.74. The van der Waals surface area contributed by atoms with Crippen LogP contribution < -0.4 is 4.90 Å². The number of anilines is 1. The van der Waals surface area contributed by atoms with Crippen molar-refractivity contribution in [3.05, 3.63) is 52.5 Å². The molecule has 1 aliphatic heterocycles. The van der Waals surface area contributed by atoms with Gasteiger partial charge in [-0.05, 0) is 36.8 Å². The first-order chi connectivity index (χ1) is 13.3. The average Bonchev–Trinajstić information content (AvgIpc) is 3.07. The van der Waals surface area contributed by atoms with E-state index in [2.05, 4.69) is 4.98 Å². The Morgan fingerprint density at radius 3 is 2.71 bits per heavy atom. The van der Waals surface area contributed by atoms with Crippen LogP contribution >= 0.6 is 23.1 Å². The van der Waals surface area contributed by atoms with Gasteiger partial charge in [0.15, 0.2) is 5.82 Å². The molecule has 3 aromatic rings. The van der Waals surface area contributed by atoms with Crippen LogP contribution in [0.4, 0.5) is 14.5 Å². The number of carboxylic acid groups (broad SMARTS) is 1. The smallest absolute Gasteiger partial charge is 0.305 e. The summed E-state index contributed by atoms with van der Waals surface area (Å²) in [5.41, 5.74) is 1.53. The van der Waals surface area contributed by atoms with Crippen molar-refractivity contribution in [2.24, 2.45) is 0 Å². The number of aliphatic carboxylic acids is 1. The lowest BCUT2D eigenvalue weighted by atomic mass is 10.1. The summed E-state index contributed by atoms with van der Waals surface area (Å²) in [6.07, 6.45) is -0.309. The summed E-state index contributed by atoms with van der Waals surface area (Å²) in [4.78, 5) is 30.5. The van der Waals surface area contributed by atoms with Crippen molar-refractivity contribution >= 4 is 50.9 Å². The van der Waals surface area contributed by atoms with Gasteiger partial charge in [0.25, 0.3) is 0 Å². The summed E-state index contributed by atoms with van der Waals surface area (Å²) in [6.45, 7) is 1.91. The van der Waals surface area contributed by atoms with E-state index in [-0.39, 0.29) is 29.1 Å². The number of thioether (sulfide) groups is 1. The van der Waals surface area contributed by atoms with Crippen LogP contribution in [0.15, 0.2) is 35.2 Å². The second-order valence-electron chi connectivity index (χ2n) is 6.41. The molecule has 1 amide bonds. The van der Waals surface area contributed by atoms with Gasteiger partial charge in [0.05, 0.1) is 28.6 Å². The third kappa shape index (κ3) is 3.35. The third-order valence-electron chi connectivity index (χ3n) is 4.36. The molecule has 28 heavy (non-hydrogen) atoms. The first kappa shape index (κ1) is 18.8. The number of hydrogen-bond acceptors (Lipinski definition) is 5. The highest BCUT2D eigenvalue weighted by Gasteiger charge is 2.35. The number of amides is 1. The monoisotopic (exact) mass is 420 g/mol. The quantitative estimate of drug-likeness (QED) is 0.679. The van der Waals surface area contributed by atoms with Crippen LogP contribution in [-0.2, 0) is 16.1 Å². The number of hydrogen-bond donors (Lipinski definition) is 1. The SMILES string of the molecule is Cc1ccc2c(c1)N(Cc1nc3c(F)ccc(F)c3s1)C(=O)C(CC(=O)O)S2. The third-order valence-corrected chi connectivity index (χ3v) is 6.66. The maximum atomic E-state index is 14.0. The number of rotatable bonds is 4. The van der Waals surface area contributed by atoms with Gasteiger partial charge in [0, 0.05) is 4.90 Å². The molecule has 0 spiro atoms. The largest absolute Gasteiger partial charge is 0.481 e. The Morgan fingerprint density at radius 2 is 2.00 bits per heavy atom. The van der Waals surface area contributed by atoms with Gasteiger partial charge in [-0.15, -0.1) is 23.1 Å². The summed E-state index contributed by atoms with van der Waals surface area (Å²) in [6, 6.07) is 7.64. The van der Waals surface area contributed by atoms with Gasteiger partial charge in [-0.25, -0.2) is 13.8 Å². The molecule has 0 aliphatic carbocycles. The summed E-state index contributed by atoms with van der Waals surface area (Å²) in [5, 5.41) is 8.74. The minimum atomic E-state index is -1.06. The molecule has 0 saturated carbocycles. The molecule has 144 valence electrons. The van der Waals surface area contributed by atoms with E-state index >= 15 is 0 Å². The molecule has 1 N–H and O–H groups in total. The zero-order valence-corrected chi connectivity index (χ0v) is 16.2. The maximum Gasteiger partial charge on any atom is 0.305 e. The Morgan fingerprint density at radius 1 is 1.25 bits per heavy atom. The number of benzene rings is 2. The first-order valence-corrected chi connectivity index (χ1v) is 10.1. The van der Waals surface area contributed by atoms with Crippen LogP contribution in [0, 0.1) is 18.6 Å². The van der Waals surface area contributed by atoms with Crippen molar-refractivity contribution < 1.29 is 23.5 Å². The molecule has 2 heterocycles. The number of carboxylic acids is 1. The Bertz CT molecular complexity index is 1080. The molecular weight excluding hydrogens is 406 g/mol. The molecule has 4 rings (SSSR count). The average molecular weight is 420 g/mol. The Balaban J connectivity index is 1.76. The fourth-order valence-electron chi connectivity index (χ4n) is 3.08. The van der Waals surface area contributed by atoms with E-state index in [1.807, 2.05) is 25.1 Å². The summed E-state index contributed by atoms with van der Waals surface area (Å²) in [7, 11) is 0. The highest BCUT2D eigenvalue weighted by molar-refractivity contribution is 8.01. The van der Waals surface area contributed by atoms with Gasteiger partial charge >= 0.3 is 5.97 Å². The standard InChI is InChI=1S/C19H14F2N2O3S2/c1-9-2-5-13-12(6-9)23(19(26)14(27-13)7-16(24)25)8-15-22-17-10(20)3-4-11(21)18(17)28-15/h2-6,14H,7-8H2,1H3,(H,24,25). The number of nitrogens with zero attached hydrogens (tertiary/aromatic N) is 2. The van der Waals surface area contributed by atoms with Crippen molar-refractivity contribution in [2.45, 2.75) is 30.0 Å². The topological polar surface area (TPSA) is 70.5 Å². The molecular formula is C19H14F2N2O3S2. The Kier molecular flexibility index (Phi) is 4.80. The molecule has 0 radical (unpaired) electrons. The van der Waals surface area contributed by atoms with E-state index in [0.29, 0.717) is 10.7 Å². The van der Waals surface area contributed by atoms with E-state index in [4.69, 9.17) is 5.11 Å². The minimum absolute atomic E-state index is 0.0180. The number of aryl methyl sites for hydroxylation is 1. The van der Waals surface area contributed by atoms with Crippen LogP contribution in [0.25, 0.3) is 10.2 Å². The van der Waals surface area contributed by atoms with Crippen LogP contribution in [0.3, 0.4) is 0 Å². The Hall–Kier alpha value is -2.52. The van der Waals surface area contributed by atoms with Crippen molar-refractivity contribution in [1.29, 1.82) is 0 Å². The maximum absolute atomic E-state index is 14.0. The van der Waals surface area contributed by atoms with Crippen LogP contribution in [0.1, 0.15) is 17.0 Å². The molecule has 1 unspecified atom stereocenters. The molecule has 1 aromatic heterocycles. The number of aromatic nitrogens is 1. The van der Waals surface area contributed by atoms with E-state index in [1.165, 1.54) is 16.7 Å². The van der Waals surface area contributed by atoms with Gasteiger partial charge in [0.2, 0.25) is 5.91 Å².